The van der Waals surface area contributed by atoms with Gasteiger partial charge in [-0.3, -0.25) is 14.7 Å². The second kappa shape index (κ2) is 4.86. The molecule has 0 saturated carbocycles. The number of benzene rings is 2. The van der Waals surface area contributed by atoms with Gasteiger partial charge in [0.1, 0.15) is 16.9 Å². The first-order valence-electron chi connectivity index (χ1n) is 6.99. The first-order chi connectivity index (χ1) is 11.0. The smallest absolute Gasteiger partial charge is 0.282 e. The van der Waals surface area contributed by atoms with Gasteiger partial charge in [-0.25, -0.2) is 4.68 Å². The van der Waals surface area contributed by atoms with Gasteiger partial charge in [0.15, 0.2) is 5.43 Å². The number of aromatic amines is 1. The van der Waals surface area contributed by atoms with Crippen molar-refractivity contribution in [2.24, 2.45) is 0 Å². The highest BCUT2D eigenvalue weighted by atomic mass is 35.5. The molecule has 23 heavy (non-hydrogen) atoms. The SMILES string of the molecule is Cc1oc2cc(=O)ccc-2c2[nH]n(-c3ccc(Cl)cc3)c(=O)c12. The molecular formula is C17H11ClN2O3. The van der Waals surface area contributed by atoms with Crippen LogP contribution in [-0.2, 0) is 0 Å². The number of fused-ring (bicyclic) bond motifs is 3. The summed E-state index contributed by atoms with van der Waals surface area (Å²) in [5, 5.41) is 4.16. The number of nitrogens with one attached hydrogen (secondary N) is 1. The Balaban J connectivity index is 2.10. The molecule has 1 aliphatic carbocycles. The summed E-state index contributed by atoms with van der Waals surface area (Å²) < 4.78 is 7.09. The van der Waals surface area contributed by atoms with Gasteiger partial charge < -0.3 is 4.42 Å². The van der Waals surface area contributed by atoms with Crippen LogP contribution in [0.1, 0.15) is 5.76 Å². The van der Waals surface area contributed by atoms with Crippen molar-refractivity contribution in [2.75, 3.05) is 0 Å². The fraction of sp³-hybridized carbons (Fsp3) is 0.0588. The molecule has 0 fully saturated rings. The summed E-state index contributed by atoms with van der Waals surface area (Å²) >= 11 is 5.89. The van der Waals surface area contributed by atoms with E-state index in [2.05, 4.69) is 5.10 Å². The Morgan fingerprint density at radius 3 is 2.57 bits per heavy atom. The van der Waals surface area contributed by atoms with Crippen LogP contribution in [0.15, 0.2) is 56.5 Å². The zero-order valence-electron chi connectivity index (χ0n) is 12.1. The molecule has 0 saturated heterocycles. The lowest BCUT2D eigenvalue weighted by molar-refractivity contribution is 0.538. The van der Waals surface area contributed by atoms with Crippen LogP contribution in [0, 0.1) is 6.92 Å². The minimum absolute atomic E-state index is 0.139. The van der Waals surface area contributed by atoms with Crippen molar-refractivity contribution in [1.29, 1.82) is 0 Å². The van der Waals surface area contributed by atoms with Crippen molar-refractivity contribution in [3.05, 3.63) is 73.8 Å². The summed E-state index contributed by atoms with van der Waals surface area (Å²) in [6, 6.07) is 11.5. The van der Waals surface area contributed by atoms with E-state index in [4.69, 9.17) is 16.0 Å². The predicted molar refractivity (Wildman–Crippen MR) is 88.8 cm³/mol. The minimum Gasteiger partial charge on any atom is -0.460 e. The molecule has 2 aliphatic rings. The van der Waals surface area contributed by atoms with E-state index in [1.165, 1.54) is 16.8 Å². The molecule has 114 valence electrons. The Hall–Kier alpha value is -2.79. The van der Waals surface area contributed by atoms with Gasteiger partial charge in [-0.2, -0.15) is 0 Å². The number of rotatable bonds is 1. The van der Waals surface area contributed by atoms with E-state index < -0.39 is 0 Å². The van der Waals surface area contributed by atoms with Crippen LogP contribution in [-0.4, -0.2) is 9.78 Å². The lowest BCUT2D eigenvalue weighted by Gasteiger charge is -2.06. The van der Waals surface area contributed by atoms with Crippen LogP contribution in [0.25, 0.3) is 27.9 Å². The number of aromatic nitrogens is 2. The second-order valence-electron chi connectivity index (χ2n) is 5.29. The third-order valence-electron chi connectivity index (χ3n) is 3.81. The standard InChI is InChI=1S/C17H11ClN2O3/c1-9-15-16(13-7-6-12(21)8-14(13)23-9)19-20(17(15)22)11-4-2-10(18)3-5-11/h2-8,19H,1H3. The molecule has 1 aromatic carbocycles. The van der Waals surface area contributed by atoms with Gasteiger partial charge in [-0.05, 0) is 43.3 Å². The van der Waals surface area contributed by atoms with E-state index in [-0.39, 0.29) is 11.0 Å². The Morgan fingerprint density at radius 2 is 1.83 bits per heavy atom. The van der Waals surface area contributed by atoms with Crippen LogP contribution in [0.4, 0.5) is 0 Å². The summed E-state index contributed by atoms with van der Waals surface area (Å²) in [6.45, 7) is 1.71. The number of hydrogen-bond acceptors (Lipinski definition) is 3. The summed E-state index contributed by atoms with van der Waals surface area (Å²) in [5.74, 6) is 0.916. The summed E-state index contributed by atoms with van der Waals surface area (Å²) in [7, 11) is 0. The number of nitrogens with zero attached hydrogens (tertiary/aromatic N) is 1. The van der Waals surface area contributed by atoms with Gasteiger partial charge in [-0.15, -0.1) is 0 Å². The molecule has 4 rings (SSSR count). The van der Waals surface area contributed by atoms with Crippen molar-refractivity contribution < 1.29 is 4.42 Å². The van der Waals surface area contributed by atoms with Crippen LogP contribution in [0.2, 0.25) is 5.02 Å². The van der Waals surface area contributed by atoms with E-state index in [0.29, 0.717) is 38.7 Å². The van der Waals surface area contributed by atoms with Gasteiger partial charge >= 0.3 is 0 Å². The molecule has 0 spiro atoms. The van der Waals surface area contributed by atoms with Crippen LogP contribution in [0.3, 0.4) is 0 Å². The normalized spacial score (nSPS) is 11.4. The number of hydrogen-bond donors (Lipinski definition) is 1. The lowest BCUT2D eigenvalue weighted by Crippen LogP contribution is -2.14. The first kappa shape index (κ1) is 13.8. The Labute approximate surface area is 135 Å². The van der Waals surface area contributed by atoms with E-state index in [1.54, 1.807) is 37.3 Å². The molecule has 6 heteroatoms. The molecule has 0 atom stereocenters. The Bertz CT molecular complexity index is 1120. The third-order valence-corrected chi connectivity index (χ3v) is 4.06. The van der Waals surface area contributed by atoms with Crippen molar-refractivity contribution >= 4 is 22.5 Å². The molecule has 0 bridgehead atoms. The molecular weight excluding hydrogens is 316 g/mol. The highest BCUT2D eigenvalue weighted by Gasteiger charge is 2.19. The average Bonchev–Trinajstić information content (AvgIpc) is 2.86. The molecule has 0 amide bonds. The van der Waals surface area contributed by atoms with Crippen LogP contribution in [0.5, 0.6) is 0 Å². The summed E-state index contributed by atoms with van der Waals surface area (Å²) in [6.07, 6.45) is 0. The van der Waals surface area contributed by atoms with E-state index in [9.17, 15) is 9.59 Å². The van der Waals surface area contributed by atoms with E-state index in [0.717, 1.165) is 0 Å². The Morgan fingerprint density at radius 1 is 1.09 bits per heavy atom. The summed E-state index contributed by atoms with van der Waals surface area (Å²) in [4.78, 5) is 24.2. The van der Waals surface area contributed by atoms with Crippen molar-refractivity contribution in [3.63, 3.8) is 0 Å². The third kappa shape index (κ3) is 2.09. The van der Waals surface area contributed by atoms with Gasteiger partial charge in [-0.1, -0.05) is 11.6 Å². The lowest BCUT2D eigenvalue weighted by atomic mass is 10.1. The van der Waals surface area contributed by atoms with Crippen molar-refractivity contribution in [2.45, 2.75) is 6.92 Å². The predicted octanol–water partition coefficient (Wildman–Crippen LogP) is 3.34. The second-order valence-corrected chi connectivity index (χ2v) is 5.73. The maximum absolute atomic E-state index is 12.7. The number of H-pyrrole nitrogens is 1. The number of halogens is 1. The van der Waals surface area contributed by atoms with E-state index >= 15 is 0 Å². The van der Waals surface area contributed by atoms with Crippen LogP contribution >= 0.6 is 11.6 Å². The van der Waals surface area contributed by atoms with Crippen molar-refractivity contribution in [1.82, 2.24) is 9.78 Å². The monoisotopic (exact) mass is 326 g/mol. The van der Waals surface area contributed by atoms with Crippen LogP contribution < -0.4 is 11.0 Å². The van der Waals surface area contributed by atoms with Gasteiger partial charge in [0.25, 0.3) is 5.56 Å². The topological polar surface area (TPSA) is 68.0 Å². The molecule has 0 radical (unpaired) electrons. The largest absolute Gasteiger partial charge is 0.460 e. The first-order valence-corrected chi connectivity index (χ1v) is 7.36. The molecule has 1 aromatic heterocycles. The molecule has 5 nitrogen and oxygen atoms in total. The van der Waals surface area contributed by atoms with Crippen molar-refractivity contribution in [3.8, 4) is 17.0 Å². The molecule has 0 unspecified atom stereocenters. The van der Waals surface area contributed by atoms with Gasteiger partial charge in [0.05, 0.1) is 11.2 Å². The highest BCUT2D eigenvalue weighted by Crippen LogP contribution is 2.30. The Kier molecular flexibility index (Phi) is 2.92. The molecule has 2 aromatic rings. The molecule has 1 aliphatic heterocycles. The quantitative estimate of drug-likeness (QED) is 0.583. The summed E-state index contributed by atoms with van der Waals surface area (Å²) in [5.41, 5.74) is 1.65. The number of aryl methyl sites for hydroxylation is 1. The zero-order chi connectivity index (χ0) is 16.1. The molecule has 1 N–H and O–H groups in total. The fourth-order valence-electron chi connectivity index (χ4n) is 2.74. The van der Waals surface area contributed by atoms with E-state index in [1.807, 2.05) is 0 Å². The van der Waals surface area contributed by atoms with Gasteiger partial charge in [0.2, 0.25) is 0 Å². The average molecular weight is 327 g/mol. The van der Waals surface area contributed by atoms with Gasteiger partial charge in [0, 0.05) is 16.7 Å². The fourth-order valence-corrected chi connectivity index (χ4v) is 2.87. The zero-order valence-corrected chi connectivity index (χ0v) is 12.8. The molecule has 2 heterocycles. The highest BCUT2D eigenvalue weighted by molar-refractivity contribution is 6.30. The maximum atomic E-state index is 12.7. The maximum Gasteiger partial charge on any atom is 0.282 e. The minimum atomic E-state index is -0.211.